The first kappa shape index (κ1) is 15.0. The Balaban J connectivity index is 2.18. The lowest BCUT2D eigenvalue weighted by molar-refractivity contribution is -0.141. The first-order valence-corrected chi connectivity index (χ1v) is 7.52. The number of benzene rings is 1. The first-order chi connectivity index (χ1) is 9.40. The number of hydrogen-bond donors (Lipinski definition) is 2. The third-order valence-corrected chi connectivity index (χ3v) is 4.65. The summed E-state index contributed by atoms with van der Waals surface area (Å²) in [6.45, 7) is 3.70. The zero-order chi connectivity index (χ0) is 14.9. The maximum Gasteiger partial charge on any atom is 0.327 e. The summed E-state index contributed by atoms with van der Waals surface area (Å²) in [5.74, 6) is -0.599. The number of carboxylic acids is 1. The number of carbonyl (C=O) groups excluding carboxylic acids is 1. The van der Waals surface area contributed by atoms with Crippen LogP contribution in [0.5, 0.6) is 0 Å². The van der Waals surface area contributed by atoms with E-state index < -0.39 is 18.0 Å². The molecule has 1 aliphatic heterocycles. The van der Waals surface area contributed by atoms with Crippen molar-refractivity contribution in [3.8, 4) is 0 Å². The van der Waals surface area contributed by atoms with Gasteiger partial charge in [-0.1, -0.05) is 17.7 Å². The molecule has 2 amide bonds. The quantitative estimate of drug-likeness (QED) is 0.880. The third kappa shape index (κ3) is 3.02. The highest BCUT2D eigenvalue weighted by atomic mass is 35.5. The Bertz CT molecular complexity index is 552. The molecule has 1 aromatic carbocycles. The number of rotatable bonds is 2. The van der Waals surface area contributed by atoms with Crippen molar-refractivity contribution in [2.75, 3.05) is 11.1 Å². The summed E-state index contributed by atoms with van der Waals surface area (Å²) >= 11 is 7.47. The van der Waals surface area contributed by atoms with Gasteiger partial charge in [-0.2, -0.15) is 0 Å². The van der Waals surface area contributed by atoms with Crippen LogP contribution in [-0.2, 0) is 4.79 Å². The van der Waals surface area contributed by atoms with E-state index in [1.807, 2.05) is 19.9 Å². The van der Waals surface area contributed by atoms with Gasteiger partial charge >= 0.3 is 12.0 Å². The second-order valence-corrected chi connectivity index (χ2v) is 6.36. The molecule has 5 nitrogen and oxygen atoms in total. The van der Waals surface area contributed by atoms with Crippen molar-refractivity contribution in [1.82, 2.24) is 4.90 Å². The fourth-order valence-corrected chi connectivity index (χ4v) is 3.39. The molecule has 0 radical (unpaired) electrons. The Kier molecular flexibility index (Phi) is 4.45. The van der Waals surface area contributed by atoms with E-state index in [0.29, 0.717) is 16.5 Å². The Labute approximate surface area is 126 Å². The molecule has 0 saturated carbocycles. The highest BCUT2D eigenvalue weighted by Gasteiger charge is 2.39. The van der Waals surface area contributed by atoms with Crippen molar-refractivity contribution in [2.24, 2.45) is 0 Å². The average Bonchev–Trinajstić information content (AvgIpc) is 2.76. The van der Waals surface area contributed by atoms with E-state index in [0.717, 1.165) is 5.56 Å². The summed E-state index contributed by atoms with van der Waals surface area (Å²) in [5.41, 5.74) is 1.45. The van der Waals surface area contributed by atoms with Gasteiger partial charge in [0.15, 0.2) is 0 Å². The van der Waals surface area contributed by atoms with Crippen LogP contribution >= 0.6 is 23.4 Å². The lowest BCUT2D eigenvalue weighted by atomic mass is 10.2. The number of anilines is 1. The van der Waals surface area contributed by atoms with Gasteiger partial charge in [-0.25, -0.2) is 9.59 Å². The highest BCUT2D eigenvalue weighted by Crippen LogP contribution is 2.30. The van der Waals surface area contributed by atoms with Crippen molar-refractivity contribution < 1.29 is 14.7 Å². The van der Waals surface area contributed by atoms with Crippen molar-refractivity contribution in [3.63, 3.8) is 0 Å². The van der Waals surface area contributed by atoms with Gasteiger partial charge in [0.05, 0.1) is 16.1 Å². The van der Waals surface area contributed by atoms with Gasteiger partial charge in [-0.05, 0) is 31.5 Å². The number of carbonyl (C=O) groups is 2. The molecule has 2 N–H and O–H groups in total. The average molecular weight is 315 g/mol. The van der Waals surface area contributed by atoms with Crippen molar-refractivity contribution >= 4 is 41.1 Å². The van der Waals surface area contributed by atoms with E-state index in [4.69, 9.17) is 16.7 Å². The summed E-state index contributed by atoms with van der Waals surface area (Å²) in [6, 6.07) is 4.04. The Morgan fingerprint density at radius 2 is 2.20 bits per heavy atom. The molecule has 20 heavy (non-hydrogen) atoms. The number of urea groups is 1. The van der Waals surface area contributed by atoms with Gasteiger partial charge in [-0.3, -0.25) is 4.90 Å². The van der Waals surface area contributed by atoms with Crippen LogP contribution < -0.4 is 5.32 Å². The normalized spacial score (nSPS) is 21.9. The van der Waals surface area contributed by atoms with Gasteiger partial charge < -0.3 is 10.4 Å². The minimum absolute atomic E-state index is 0.181. The molecule has 1 saturated heterocycles. The van der Waals surface area contributed by atoms with Crippen LogP contribution in [0.4, 0.5) is 10.5 Å². The molecule has 1 fully saturated rings. The molecule has 2 rings (SSSR count). The predicted molar refractivity (Wildman–Crippen MR) is 80.4 cm³/mol. The lowest BCUT2D eigenvalue weighted by Gasteiger charge is -2.25. The minimum Gasteiger partial charge on any atom is -0.480 e. The number of carboxylic acid groups (broad SMARTS) is 1. The molecule has 0 aromatic heterocycles. The summed E-state index contributed by atoms with van der Waals surface area (Å²) < 4.78 is 0. The van der Waals surface area contributed by atoms with E-state index in [2.05, 4.69) is 5.32 Å². The van der Waals surface area contributed by atoms with Crippen LogP contribution in [0.2, 0.25) is 5.02 Å². The van der Waals surface area contributed by atoms with Gasteiger partial charge in [0.1, 0.15) is 6.04 Å². The van der Waals surface area contributed by atoms with Crippen LogP contribution in [0, 0.1) is 6.92 Å². The molecule has 1 aliphatic rings. The fraction of sp³-hybridized carbons (Fsp3) is 0.385. The molecule has 108 valence electrons. The molecule has 2 atom stereocenters. The monoisotopic (exact) mass is 314 g/mol. The third-order valence-electron chi connectivity index (χ3n) is 3.11. The number of halogens is 1. The van der Waals surface area contributed by atoms with E-state index in [1.54, 1.807) is 12.1 Å². The van der Waals surface area contributed by atoms with Crippen LogP contribution in [0.25, 0.3) is 0 Å². The summed E-state index contributed by atoms with van der Waals surface area (Å²) in [4.78, 5) is 24.8. The van der Waals surface area contributed by atoms with Crippen molar-refractivity contribution in [1.29, 1.82) is 0 Å². The second kappa shape index (κ2) is 5.93. The smallest absolute Gasteiger partial charge is 0.327 e. The Hall–Kier alpha value is -1.40. The summed E-state index contributed by atoms with van der Waals surface area (Å²) in [5, 5.41) is 12.1. The first-order valence-electron chi connectivity index (χ1n) is 6.10. The number of thioether (sulfide) groups is 1. The largest absolute Gasteiger partial charge is 0.480 e. The SMILES string of the molecule is Cc1ccc(Cl)c(NC(=O)N2C(C)SCC2C(=O)O)c1. The van der Waals surface area contributed by atoms with Crippen molar-refractivity contribution in [3.05, 3.63) is 28.8 Å². The molecule has 0 spiro atoms. The number of hydrogen-bond acceptors (Lipinski definition) is 3. The molecular weight excluding hydrogens is 300 g/mol. The van der Waals surface area contributed by atoms with Crippen LogP contribution in [0.1, 0.15) is 12.5 Å². The number of nitrogens with one attached hydrogen (secondary N) is 1. The number of aryl methyl sites for hydroxylation is 1. The summed E-state index contributed by atoms with van der Waals surface area (Å²) in [7, 11) is 0. The van der Waals surface area contributed by atoms with Crippen LogP contribution in [0.3, 0.4) is 0 Å². The number of amides is 2. The Morgan fingerprint density at radius 3 is 2.85 bits per heavy atom. The van der Waals surface area contributed by atoms with Gasteiger partial charge in [0.25, 0.3) is 0 Å². The topological polar surface area (TPSA) is 69.6 Å². The minimum atomic E-state index is -0.993. The Morgan fingerprint density at radius 1 is 1.50 bits per heavy atom. The van der Waals surface area contributed by atoms with Crippen molar-refractivity contribution in [2.45, 2.75) is 25.3 Å². The predicted octanol–water partition coefficient (Wildman–Crippen LogP) is 3.03. The molecule has 2 unspecified atom stereocenters. The van der Waals surface area contributed by atoms with E-state index in [9.17, 15) is 9.59 Å². The summed E-state index contributed by atoms with van der Waals surface area (Å²) in [6.07, 6.45) is 0. The van der Waals surface area contributed by atoms with E-state index >= 15 is 0 Å². The molecule has 0 bridgehead atoms. The fourth-order valence-electron chi connectivity index (χ4n) is 2.06. The zero-order valence-corrected chi connectivity index (χ0v) is 12.7. The standard InChI is InChI=1S/C13H15ClN2O3S/c1-7-3-4-9(14)10(5-7)15-13(19)16-8(2)20-6-11(16)12(17)18/h3-5,8,11H,6H2,1-2H3,(H,15,19)(H,17,18). The molecule has 1 aromatic rings. The number of aliphatic carboxylic acids is 1. The number of nitrogens with zero attached hydrogens (tertiary/aromatic N) is 1. The molecule has 7 heteroatoms. The van der Waals surface area contributed by atoms with Gasteiger partial charge in [0.2, 0.25) is 0 Å². The lowest BCUT2D eigenvalue weighted by Crippen LogP contribution is -2.46. The van der Waals surface area contributed by atoms with E-state index in [-0.39, 0.29) is 5.37 Å². The van der Waals surface area contributed by atoms with Gasteiger partial charge in [0, 0.05) is 5.75 Å². The maximum absolute atomic E-state index is 12.3. The van der Waals surface area contributed by atoms with E-state index in [1.165, 1.54) is 16.7 Å². The maximum atomic E-state index is 12.3. The molecule has 1 heterocycles. The van der Waals surface area contributed by atoms with Crippen LogP contribution in [0.15, 0.2) is 18.2 Å². The molecular formula is C13H15ClN2O3S. The molecule has 0 aliphatic carbocycles. The van der Waals surface area contributed by atoms with Crippen LogP contribution in [-0.4, -0.2) is 39.2 Å². The van der Waals surface area contributed by atoms with Gasteiger partial charge in [-0.15, -0.1) is 11.8 Å². The highest BCUT2D eigenvalue weighted by molar-refractivity contribution is 8.00. The zero-order valence-electron chi connectivity index (χ0n) is 11.1. The second-order valence-electron chi connectivity index (χ2n) is 4.61.